The molecule has 4 nitrogen and oxygen atoms in total. The molecule has 24 heavy (non-hydrogen) atoms. The third-order valence-electron chi connectivity index (χ3n) is 5.05. The molecule has 1 saturated heterocycles. The minimum absolute atomic E-state index is 0.518. The van der Waals surface area contributed by atoms with Crippen molar-refractivity contribution in [2.45, 2.75) is 88.6 Å². The first kappa shape index (κ1) is 23.2. The van der Waals surface area contributed by atoms with E-state index in [0.29, 0.717) is 12.3 Å². The molecule has 0 amide bonds. The zero-order valence-corrected chi connectivity index (χ0v) is 18.3. The number of hydrogen-bond donors (Lipinski definition) is 4. The van der Waals surface area contributed by atoms with E-state index < -0.39 is 35.5 Å². The van der Waals surface area contributed by atoms with Crippen molar-refractivity contribution in [3.8, 4) is 0 Å². The van der Waals surface area contributed by atoms with Gasteiger partial charge in [0.2, 0.25) is 0 Å². The Morgan fingerprint density at radius 2 is 0.875 bits per heavy atom. The average Bonchev–Trinajstić information content (AvgIpc) is 2.58. The van der Waals surface area contributed by atoms with Crippen LogP contribution in [0.2, 0.25) is 0 Å². The summed E-state index contributed by atoms with van der Waals surface area (Å²) < 4.78 is 0. The minimum atomic E-state index is -2.67. The highest BCUT2D eigenvalue weighted by Crippen LogP contribution is 2.72. The molecule has 1 aliphatic rings. The summed E-state index contributed by atoms with van der Waals surface area (Å²) in [5.74, 6) is -4.54. The summed E-state index contributed by atoms with van der Waals surface area (Å²) >= 11 is 11.2. The summed E-state index contributed by atoms with van der Waals surface area (Å²) in [6.07, 6.45) is 9.01. The molecule has 4 unspecified atom stereocenters. The number of aliphatic hydroxyl groups excluding tert-OH is 4. The first-order valence-electron chi connectivity index (χ1n) is 9.14. The summed E-state index contributed by atoms with van der Waals surface area (Å²) in [5.41, 5.74) is 0. The number of rotatable bonds is 10. The predicted octanol–water partition coefficient (Wildman–Crippen LogP) is 3.39. The van der Waals surface area contributed by atoms with Gasteiger partial charge in [0.05, 0.1) is 0 Å². The van der Waals surface area contributed by atoms with Crippen LogP contribution in [0, 0.1) is 0 Å². The van der Waals surface area contributed by atoms with E-state index in [-0.39, 0.29) is 0 Å². The molecule has 1 rings (SSSR count). The second-order valence-corrected chi connectivity index (χ2v) is 17.4. The van der Waals surface area contributed by atoms with Crippen LogP contribution in [0.15, 0.2) is 0 Å². The Morgan fingerprint density at radius 1 is 0.583 bits per heavy atom. The van der Waals surface area contributed by atoms with Gasteiger partial charge < -0.3 is 20.4 Å². The first-order chi connectivity index (χ1) is 11.3. The smallest absolute Gasteiger partial charge is 0.115 e. The lowest BCUT2D eigenvalue weighted by molar-refractivity contribution is 0.0768. The van der Waals surface area contributed by atoms with E-state index in [1.165, 1.54) is 0 Å². The standard InChI is InChI=1S/C16H34O4P2S2/c1-3-5-7-9-11-21(23)13(17)15(19)22(24,16(20)14(21)18)12-10-8-6-4-2/h13-20H,3-12H2,1-2H3. The molecule has 144 valence electrons. The molecule has 0 aromatic rings. The monoisotopic (exact) mass is 416 g/mol. The molecule has 1 heterocycles. The summed E-state index contributed by atoms with van der Waals surface area (Å²) in [4.78, 5) is 0. The van der Waals surface area contributed by atoms with Gasteiger partial charge in [0, 0.05) is 12.1 Å². The quantitative estimate of drug-likeness (QED) is 0.323. The molecule has 4 atom stereocenters. The van der Waals surface area contributed by atoms with Crippen LogP contribution < -0.4 is 0 Å². The molecular formula is C16H34O4P2S2. The highest BCUT2D eigenvalue weighted by atomic mass is 32.4. The van der Waals surface area contributed by atoms with Gasteiger partial charge in [-0.15, -0.1) is 0 Å². The molecule has 0 aromatic heterocycles. The second-order valence-electron chi connectivity index (χ2n) is 6.93. The fraction of sp³-hybridized carbons (Fsp3) is 1.00. The molecule has 1 fully saturated rings. The van der Waals surface area contributed by atoms with Gasteiger partial charge in [-0.1, -0.05) is 76.0 Å². The Hall–Kier alpha value is 1.14. The maximum atomic E-state index is 10.7. The van der Waals surface area contributed by atoms with Crippen molar-refractivity contribution < 1.29 is 20.4 Å². The molecular weight excluding hydrogens is 382 g/mol. The molecule has 0 aromatic carbocycles. The third kappa shape index (κ3) is 5.10. The molecule has 4 N–H and O–H groups in total. The third-order valence-corrected chi connectivity index (χ3v) is 15.9. The van der Waals surface area contributed by atoms with Crippen molar-refractivity contribution in [3.05, 3.63) is 0 Å². The summed E-state index contributed by atoms with van der Waals surface area (Å²) in [6.45, 7) is 4.23. The van der Waals surface area contributed by atoms with E-state index in [2.05, 4.69) is 13.8 Å². The summed E-state index contributed by atoms with van der Waals surface area (Å²) in [5, 5.41) is 42.7. The minimum Gasteiger partial charge on any atom is -0.385 e. The van der Waals surface area contributed by atoms with E-state index >= 15 is 0 Å². The van der Waals surface area contributed by atoms with Gasteiger partial charge in [-0.3, -0.25) is 0 Å². The second kappa shape index (κ2) is 10.5. The molecule has 0 spiro atoms. The van der Waals surface area contributed by atoms with Crippen LogP contribution in [0.3, 0.4) is 0 Å². The summed E-state index contributed by atoms with van der Waals surface area (Å²) in [7, 11) is 0. The topological polar surface area (TPSA) is 80.9 Å². The summed E-state index contributed by atoms with van der Waals surface area (Å²) in [6, 6.07) is -5.33. The molecule has 1 aliphatic heterocycles. The van der Waals surface area contributed by atoms with Gasteiger partial charge in [-0.05, 0) is 25.2 Å². The van der Waals surface area contributed by atoms with Crippen LogP contribution in [0.4, 0.5) is 0 Å². The largest absolute Gasteiger partial charge is 0.385 e. The lowest BCUT2D eigenvalue weighted by atomic mass is 10.2. The SMILES string of the molecule is CCCCCCP1(=S)C(O)C(O)P(=S)(CCCCCC)C(O)C1O. The Morgan fingerprint density at radius 3 is 1.12 bits per heavy atom. The number of unbranched alkanes of at least 4 members (excludes halogenated alkanes) is 6. The van der Waals surface area contributed by atoms with Crippen LogP contribution in [-0.2, 0) is 23.6 Å². The van der Waals surface area contributed by atoms with E-state index in [0.717, 1.165) is 51.4 Å². The van der Waals surface area contributed by atoms with Crippen molar-refractivity contribution in [2.75, 3.05) is 12.3 Å². The Kier molecular flexibility index (Phi) is 10.1. The van der Waals surface area contributed by atoms with Crippen molar-refractivity contribution in [3.63, 3.8) is 0 Å². The normalized spacial score (nSPS) is 39.9. The van der Waals surface area contributed by atoms with Crippen molar-refractivity contribution >= 4 is 35.7 Å². The highest BCUT2D eigenvalue weighted by molar-refractivity contribution is 8.19. The fourth-order valence-corrected chi connectivity index (χ4v) is 14.3. The Balaban J connectivity index is 2.84. The van der Waals surface area contributed by atoms with Crippen LogP contribution in [0.25, 0.3) is 0 Å². The van der Waals surface area contributed by atoms with E-state index in [1.807, 2.05) is 0 Å². The molecule has 0 bridgehead atoms. The van der Waals surface area contributed by atoms with Gasteiger partial charge >= 0.3 is 0 Å². The van der Waals surface area contributed by atoms with Crippen LogP contribution >= 0.6 is 12.1 Å². The fourth-order valence-electron chi connectivity index (χ4n) is 3.32. The van der Waals surface area contributed by atoms with Gasteiger partial charge in [0.1, 0.15) is 23.4 Å². The van der Waals surface area contributed by atoms with E-state index in [1.54, 1.807) is 0 Å². The van der Waals surface area contributed by atoms with Crippen LogP contribution in [0.1, 0.15) is 65.2 Å². The molecule has 0 aliphatic carbocycles. The van der Waals surface area contributed by atoms with Gasteiger partial charge in [0.15, 0.2) is 0 Å². The lowest BCUT2D eigenvalue weighted by Crippen LogP contribution is -2.45. The van der Waals surface area contributed by atoms with Gasteiger partial charge in [-0.2, -0.15) is 0 Å². The zero-order valence-electron chi connectivity index (χ0n) is 14.9. The lowest BCUT2D eigenvalue weighted by Gasteiger charge is -2.48. The van der Waals surface area contributed by atoms with Crippen LogP contribution in [0.5, 0.6) is 0 Å². The maximum Gasteiger partial charge on any atom is 0.115 e. The van der Waals surface area contributed by atoms with E-state index in [9.17, 15) is 20.4 Å². The average molecular weight is 417 g/mol. The van der Waals surface area contributed by atoms with E-state index in [4.69, 9.17) is 23.6 Å². The van der Waals surface area contributed by atoms with Gasteiger partial charge in [0.25, 0.3) is 0 Å². The zero-order chi connectivity index (χ0) is 18.4. The highest BCUT2D eigenvalue weighted by Gasteiger charge is 2.55. The maximum absolute atomic E-state index is 10.7. The van der Waals surface area contributed by atoms with Crippen molar-refractivity contribution in [2.24, 2.45) is 0 Å². The number of aliphatic hydroxyl groups is 4. The Labute approximate surface area is 157 Å². The predicted molar refractivity (Wildman–Crippen MR) is 111 cm³/mol. The van der Waals surface area contributed by atoms with Crippen LogP contribution in [-0.4, -0.2) is 56.1 Å². The van der Waals surface area contributed by atoms with Gasteiger partial charge in [-0.25, -0.2) is 0 Å². The first-order valence-corrected chi connectivity index (χ1v) is 15.4. The Bertz CT molecular complexity index is 409. The molecule has 0 saturated carbocycles. The number of hydrogen-bond acceptors (Lipinski definition) is 6. The molecule has 0 radical (unpaired) electrons. The van der Waals surface area contributed by atoms with Crippen molar-refractivity contribution in [1.29, 1.82) is 0 Å². The van der Waals surface area contributed by atoms with Crippen molar-refractivity contribution in [1.82, 2.24) is 0 Å². The molecule has 8 heteroatoms.